The fraction of sp³-hybridized carbons (Fsp3) is 1.00. The van der Waals surface area contributed by atoms with Crippen LogP contribution in [0.2, 0.25) is 0 Å². The van der Waals surface area contributed by atoms with E-state index in [1.165, 1.54) is 0 Å². The average molecular weight is 236 g/mol. The Hall–Kier alpha value is -0.290. The maximum atomic E-state index is 12.7. The molecule has 2 rings (SSSR count). The lowest BCUT2D eigenvalue weighted by Crippen LogP contribution is -2.53. The molecular formula is C11H19F3N2. The number of hydrogen-bond donors (Lipinski definition) is 2. The van der Waals surface area contributed by atoms with Gasteiger partial charge in [-0.2, -0.15) is 13.2 Å². The minimum atomic E-state index is -4.09. The fourth-order valence-electron chi connectivity index (χ4n) is 2.38. The van der Waals surface area contributed by atoms with Crippen LogP contribution in [-0.2, 0) is 0 Å². The second-order valence-corrected chi connectivity index (χ2v) is 5.14. The Bertz CT molecular complexity index is 248. The Kier molecular flexibility index (Phi) is 3.18. The van der Waals surface area contributed by atoms with Crippen molar-refractivity contribution in [3.8, 4) is 0 Å². The summed E-state index contributed by atoms with van der Waals surface area (Å²) in [6, 6.07) is 0.188. The van der Waals surface area contributed by atoms with Gasteiger partial charge < -0.3 is 10.6 Å². The van der Waals surface area contributed by atoms with Crippen LogP contribution in [0.4, 0.5) is 13.2 Å². The third-order valence-electron chi connectivity index (χ3n) is 3.88. The normalized spacial score (nSPS) is 33.8. The van der Waals surface area contributed by atoms with Gasteiger partial charge in [-0.3, -0.25) is 0 Å². The molecule has 2 nitrogen and oxygen atoms in total. The topological polar surface area (TPSA) is 24.1 Å². The van der Waals surface area contributed by atoms with Crippen LogP contribution in [0.25, 0.3) is 0 Å². The van der Waals surface area contributed by atoms with E-state index in [-0.39, 0.29) is 18.9 Å². The molecule has 2 atom stereocenters. The van der Waals surface area contributed by atoms with E-state index in [4.69, 9.17) is 0 Å². The predicted molar refractivity (Wildman–Crippen MR) is 56.2 cm³/mol. The largest absolute Gasteiger partial charge is 0.406 e. The molecular weight excluding hydrogens is 217 g/mol. The van der Waals surface area contributed by atoms with Gasteiger partial charge in [0.2, 0.25) is 0 Å². The number of rotatable bonds is 3. The minimum absolute atomic E-state index is 0.188. The van der Waals surface area contributed by atoms with Crippen molar-refractivity contribution in [2.24, 2.45) is 5.92 Å². The zero-order valence-electron chi connectivity index (χ0n) is 9.53. The Morgan fingerprint density at radius 3 is 2.56 bits per heavy atom. The van der Waals surface area contributed by atoms with Crippen molar-refractivity contribution in [2.75, 3.05) is 13.1 Å². The molecule has 0 spiro atoms. The zero-order chi connectivity index (χ0) is 11.8. The van der Waals surface area contributed by atoms with Crippen molar-refractivity contribution in [1.82, 2.24) is 10.6 Å². The summed E-state index contributed by atoms with van der Waals surface area (Å²) in [6.07, 6.45) is -1.39. The molecule has 0 amide bonds. The maximum Gasteiger partial charge on any atom is 0.406 e. The predicted octanol–water partition coefficient (Wildman–Crippen LogP) is 2.06. The standard InChI is InChI=1S/C11H19F3N2/c1-8-3-2-6-15-9(8)7-16-10(4-5-10)11(12,13)14/h8-9,15-16H,2-7H2,1H3. The first-order valence-corrected chi connectivity index (χ1v) is 6.00. The first-order chi connectivity index (χ1) is 7.45. The van der Waals surface area contributed by atoms with Gasteiger partial charge in [0.05, 0.1) is 0 Å². The van der Waals surface area contributed by atoms with Crippen molar-refractivity contribution in [3.05, 3.63) is 0 Å². The van der Waals surface area contributed by atoms with E-state index >= 15 is 0 Å². The van der Waals surface area contributed by atoms with Crippen LogP contribution in [0.3, 0.4) is 0 Å². The molecule has 94 valence electrons. The lowest BCUT2D eigenvalue weighted by molar-refractivity contribution is -0.166. The van der Waals surface area contributed by atoms with Gasteiger partial charge in [-0.05, 0) is 38.1 Å². The second-order valence-electron chi connectivity index (χ2n) is 5.14. The van der Waals surface area contributed by atoms with Gasteiger partial charge in [-0.25, -0.2) is 0 Å². The first kappa shape index (κ1) is 12.2. The highest BCUT2D eigenvalue weighted by molar-refractivity contribution is 5.08. The summed E-state index contributed by atoms with van der Waals surface area (Å²) in [5.41, 5.74) is -1.56. The Balaban J connectivity index is 1.83. The second kappa shape index (κ2) is 4.18. The van der Waals surface area contributed by atoms with Gasteiger partial charge in [0.1, 0.15) is 5.54 Å². The zero-order valence-corrected chi connectivity index (χ0v) is 9.53. The van der Waals surface area contributed by atoms with Gasteiger partial charge >= 0.3 is 6.18 Å². The molecule has 0 radical (unpaired) electrons. The Morgan fingerprint density at radius 2 is 2.06 bits per heavy atom. The van der Waals surface area contributed by atoms with Crippen molar-refractivity contribution in [3.63, 3.8) is 0 Å². The van der Waals surface area contributed by atoms with Gasteiger partial charge in [-0.1, -0.05) is 6.92 Å². The summed E-state index contributed by atoms with van der Waals surface area (Å²) in [5, 5.41) is 6.01. The fourth-order valence-corrected chi connectivity index (χ4v) is 2.38. The molecule has 2 fully saturated rings. The van der Waals surface area contributed by atoms with Gasteiger partial charge in [-0.15, -0.1) is 0 Å². The highest BCUT2D eigenvalue weighted by atomic mass is 19.4. The number of hydrogen-bond acceptors (Lipinski definition) is 2. The molecule has 1 heterocycles. The lowest BCUT2D eigenvalue weighted by Gasteiger charge is -2.32. The van der Waals surface area contributed by atoms with Crippen molar-refractivity contribution >= 4 is 0 Å². The summed E-state index contributed by atoms with van der Waals surface area (Å²) in [4.78, 5) is 0. The van der Waals surface area contributed by atoms with E-state index in [0.29, 0.717) is 12.5 Å². The maximum absolute atomic E-state index is 12.7. The first-order valence-electron chi connectivity index (χ1n) is 6.00. The monoisotopic (exact) mass is 236 g/mol. The van der Waals surface area contributed by atoms with E-state index in [0.717, 1.165) is 19.4 Å². The molecule has 0 aromatic heterocycles. The van der Waals surface area contributed by atoms with E-state index in [9.17, 15) is 13.2 Å². The molecule has 2 unspecified atom stereocenters. The highest BCUT2D eigenvalue weighted by Crippen LogP contribution is 2.48. The smallest absolute Gasteiger partial charge is 0.312 e. The third-order valence-corrected chi connectivity index (χ3v) is 3.88. The molecule has 0 aromatic rings. The van der Waals surface area contributed by atoms with Crippen molar-refractivity contribution in [2.45, 2.75) is 50.4 Å². The van der Waals surface area contributed by atoms with Crippen LogP contribution in [0.15, 0.2) is 0 Å². The number of piperidine rings is 1. The van der Waals surface area contributed by atoms with E-state index in [1.807, 2.05) is 0 Å². The van der Waals surface area contributed by atoms with Gasteiger partial charge in [0, 0.05) is 12.6 Å². The SMILES string of the molecule is CC1CCCNC1CNC1(C(F)(F)F)CC1. The van der Waals surface area contributed by atoms with E-state index < -0.39 is 11.7 Å². The van der Waals surface area contributed by atoms with Crippen LogP contribution in [-0.4, -0.2) is 30.8 Å². The minimum Gasteiger partial charge on any atom is -0.312 e. The van der Waals surface area contributed by atoms with Crippen LogP contribution in [0.5, 0.6) is 0 Å². The molecule has 1 saturated carbocycles. The van der Waals surface area contributed by atoms with Crippen molar-refractivity contribution < 1.29 is 13.2 Å². The molecule has 1 aliphatic heterocycles. The summed E-state index contributed by atoms with van der Waals surface area (Å²) in [5.74, 6) is 0.463. The molecule has 2 N–H and O–H groups in total. The average Bonchev–Trinajstić information content (AvgIpc) is 2.96. The molecule has 0 bridgehead atoms. The number of halogens is 3. The van der Waals surface area contributed by atoms with E-state index in [2.05, 4.69) is 17.6 Å². The van der Waals surface area contributed by atoms with Gasteiger partial charge in [0.25, 0.3) is 0 Å². The van der Waals surface area contributed by atoms with E-state index in [1.54, 1.807) is 0 Å². The number of nitrogens with one attached hydrogen (secondary N) is 2. The molecule has 0 aromatic carbocycles. The molecule has 5 heteroatoms. The number of alkyl halides is 3. The van der Waals surface area contributed by atoms with Crippen LogP contribution >= 0.6 is 0 Å². The summed E-state index contributed by atoms with van der Waals surface area (Å²) < 4.78 is 38.0. The quantitative estimate of drug-likeness (QED) is 0.783. The molecule has 1 saturated heterocycles. The Labute approximate surface area is 94.0 Å². The summed E-state index contributed by atoms with van der Waals surface area (Å²) >= 11 is 0. The molecule has 2 aliphatic rings. The summed E-state index contributed by atoms with van der Waals surface area (Å²) in [6.45, 7) is 3.46. The van der Waals surface area contributed by atoms with Crippen molar-refractivity contribution in [1.29, 1.82) is 0 Å². The van der Waals surface area contributed by atoms with Gasteiger partial charge in [0.15, 0.2) is 0 Å². The molecule has 16 heavy (non-hydrogen) atoms. The van der Waals surface area contributed by atoms with Crippen LogP contribution in [0.1, 0.15) is 32.6 Å². The van der Waals surface area contributed by atoms with Crippen LogP contribution < -0.4 is 10.6 Å². The third kappa shape index (κ3) is 2.35. The summed E-state index contributed by atoms with van der Waals surface area (Å²) in [7, 11) is 0. The highest BCUT2D eigenvalue weighted by Gasteiger charge is 2.63. The Morgan fingerprint density at radius 1 is 1.38 bits per heavy atom. The molecule has 1 aliphatic carbocycles. The lowest BCUT2D eigenvalue weighted by atomic mass is 9.92. The van der Waals surface area contributed by atoms with Crippen LogP contribution in [0, 0.1) is 5.92 Å².